The normalized spacial score (nSPS) is 11.4. The molecule has 2 rings (SSSR count). The van der Waals surface area contributed by atoms with Crippen molar-refractivity contribution in [1.82, 2.24) is 19.7 Å². The molecule has 0 aliphatic rings. The lowest BCUT2D eigenvalue weighted by Gasteiger charge is -2.05. The van der Waals surface area contributed by atoms with Gasteiger partial charge in [0.25, 0.3) is 0 Å². The number of aromatic amines is 1. The van der Waals surface area contributed by atoms with Gasteiger partial charge < -0.3 is 0 Å². The Bertz CT molecular complexity index is 528. The summed E-state index contributed by atoms with van der Waals surface area (Å²) in [6, 6.07) is 1.69. The fourth-order valence-corrected chi connectivity index (χ4v) is 1.56. The van der Waals surface area contributed by atoms with E-state index in [1.165, 1.54) is 0 Å². The standard InChI is InChI=1S/C8H9ClN4O/c1-4(2)13-5-3-6(9)11-12-7(5)10-8(13)14/h3-4H,1-2H3,(H,10,12,14). The van der Waals surface area contributed by atoms with Crippen LogP contribution in [0.5, 0.6) is 0 Å². The highest BCUT2D eigenvalue weighted by molar-refractivity contribution is 6.29. The third-order valence-corrected chi connectivity index (χ3v) is 2.15. The van der Waals surface area contributed by atoms with Crippen LogP contribution in [0, 0.1) is 0 Å². The molecule has 2 aromatic heterocycles. The molecule has 0 spiro atoms. The van der Waals surface area contributed by atoms with Gasteiger partial charge in [0.15, 0.2) is 10.8 Å². The Morgan fingerprint density at radius 3 is 2.86 bits per heavy atom. The van der Waals surface area contributed by atoms with Crippen molar-refractivity contribution in [3.05, 3.63) is 21.7 Å². The lowest BCUT2D eigenvalue weighted by atomic mass is 10.3. The van der Waals surface area contributed by atoms with Crippen molar-refractivity contribution in [3.63, 3.8) is 0 Å². The van der Waals surface area contributed by atoms with Crippen LogP contribution in [0.4, 0.5) is 0 Å². The van der Waals surface area contributed by atoms with Crippen LogP contribution < -0.4 is 5.69 Å². The molecule has 14 heavy (non-hydrogen) atoms. The van der Waals surface area contributed by atoms with E-state index in [1.54, 1.807) is 10.6 Å². The molecular weight excluding hydrogens is 204 g/mol. The fourth-order valence-electron chi connectivity index (χ4n) is 1.42. The molecule has 0 atom stereocenters. The molecule has 0 saturated heterocycles. The smallest absolute Gasteiger partial charge is 0.289 e. The van der Waals surface area contributed by atoms with Crippen LogP contribution in [-0.2, 0) is 0 Å². The zero-order valence-electron chi connectivity index (χ0n) is 7.78. The van der Waals surface area contributed by atoms with Gasteiger partial charge in [-0.05, 0) is 13.8 Å². The van der Waals surface area contributed by atoms with E-state index in [2.05, 4.69) is 15.2 Å². The number of nitrogens with one attached hydrogen (secondary N) is 1. The molecule has 0 bridgehead atoms. The number of aromatic nitrogens is 4. The maximum absolute atomic E-state index is 11.5. The number of imidazole rings is 1. The summed E-state index contributed by atoms with van der Waals surface area (Å²) >= 11 is 5.70. The molecule has 2 heterocycles. The van der Waals surface area contributed by atoms with Crippen LogP contribution in [0.1, 0.15) is 19.9 Å². The van der Waals surface area contributed by atoms with Crippen LogP contribution in [0.2, 0.25) is 5.15 Å². The zero-order valence-corrected chi connectivity index (χ0v) is 8.54. The summed E-state index contributed by atoms with van der Waals surface area (Å²) in [5.41, 5.74) is 0.963. The molecule has 0 amide bonds. The third kappa shape index (κ3) is 1.29. The minimum absolute atomic E-state index is 0.0662. The number of nitrogens with zero attached hydrogens (tertiary/aromatic N) is 3. The van der Waals surface area contributed by atoms with E-state index >= 15 is 0 Å². The second kappa shape index (κ2) is 3.09. The predicted octanol–water partition coefficient (Wildman–Crippen LogP) is 1.35. The van der Waals surface area contributed by atoms with Crippen molar-refractivity contribution in [2.24, 2.45) is 0 Å². The van der Waals surface area contributed by atoms with Gasteiger partial charge in [0.1, 0.15) is 0 Å². The number of hydrogen-bond donors (Lipinski definition) is 1. The zero-order chi connectivity index (χ0) is 10.3. The monoisotopic (exact) mass is 212 g/mol. The summed E-state index contributed by atoms with van der Waals surface area (Å²) < 4.78 is 1.59. The van der Waals surface area contributed by atoms with E-state index < -0.39 is 0 Å². The molecule has 0 aromatic carbocycles. The first-order valence-electron chi connectivity index (χ1n) is 4.23. The summed E-state index contributed by atoms with van der Waals surface area (Å²) in [6.45, 7) is 3.84. The summed E-state index contributed by atoms with van der Waals surface area (Å²) in [7, 11) is 0. The van der Waals surface area contributed by atoms with E-state index in [4.69, 9.17) is 11.6 Å². The second-order valence-corrected chi connectivity index (χ2v) is 3.68. The minimum atomic E-state index is -0.188. The molecule has 6 heteroatoms. The molecule has 5 nitrogen and oxygen atoms in total. The Hall–Kier alpha value is -1.36. The number of hydrogen-bond acceptors (Lipinski definition) is 3. The molecular formula is C8H9ClN4O. The fraction of sp³-hybridized carbons (Fsp3) is 0.375. The predicted molar refractivity (Wildman–Crippen MR) is 53.5 cm³/mol. The molecule has 2 aromatic rings. The van der Waals surface area contributed by atoms with Gasteiger partial charge in [-0.3, -0.25) is 9.55 Å². The summed E-state index contributed by atoms with van der Waals surface area (Å²) in [4.78, 5) is 14.1. The van der Waals surface area contributed by atoms with E-state index in [9.17, 15) is 4.79 Å². The SMILES string of the molecule is CC(C)n1c(=O)[nH]c2nnc(Cl)cc21. The van der Waals surface area contributed by atoms with Crippen LogP contribution in [0.3, 0.4) is 0 Å². The number of H-pyrrole nitrogens is 1. The summed E-state index contributed by atoms with van der Waals surface area (Å²) in [5, 5.41) is 7.72. The Balaban J connectivity index is 2.86. The van der Waals surface area contributed by atoms with Crippen LogP contribution >= 0.6 is 11.6 Å². The van der Waals surface area contributed by atoms with Gasteiger partial charge in [-0.2, -0.15) is 0 Å². The number of rotatable bonds is 1. The first-order chi connectivity index (χ1) is 6.59. The Labute approximate surface area is 84.7 Å². The average Bonchev–Trinajstić information content (AvgIpc) is 2.40. The minimum Gasteiger partial charge on any atom is -0.289 e. The Morgan fingerprint density at radius 1 is 1.50 bits per heavy atom. The van der Waals surface area contributed by atoms with Crippen molar-refractivity contribution >= 4 is 22.8 Å². The van der Waals surface area contributed by atoms with Crippen LogP contribution in [0.25, 0.3) is 11.2 Å². The topological polar surface area (TPSA) is 63.6 Å². The van der Waals surface area contributed by atoms with Crippen LogP contribution in [-0.4, -0.2) is 19.7 Å². The molecule has 0 saturated carbocycles. The third-order valence-electron chi connectivity index (χ3n) is 1.96. The first kappa shape index (κ1) is 9.21. The maximum atomic E-state index is 11.5. The van der Waals surface area contributed by atoms with Crippen molar-refractivity contribution in [1.29, 1.82) is 0 Å². The van der Waals surface area contributed by atoms with Crippen LogP contribution in [0.15, 0.2) is 10.9 Å². The van der Waals surface area contributed by atoms with E-state index in [0.717, 1.165) is 0 Å². The molecule has 0 unspecified atom stereocenters. The average molecular weight is 213 g/mol. The molecule has 0 radical (unpaired) electrons. The second-order valence-electron chi connectivity index (χ2n) is 3.29. The first-order valence-corrected chi connectivity index (χ1v) is 4.61. The lowest BCUT2D eigenvalue weighted by Crippen LogP contribution is -2.18. The van der Waals surface area contributed by atoms with E-state index in [-0.39, 0.29) is 16.9 Å². The molecule has 1 N–H and O–H groups in total. The van der Waals surface area contributed by atoms with Crippen molar-refractivity contribution < 1.29 is 0 Å². The number of halogens is 1. The molecule has 0 fully saturated rings. The quantitative estimate of drug-likeness (QED) is 0.776. The van der Waals surface area contributed by atoms with E-state index in [0.29, 0.717) is 11.2 Å². The number of fused-ring (bicyclic) bond motifs is 1. The Morgan fingerprint density at radius 2 is 2.21 bits per heavy atom. The van der Waals surface area contributed by atoms with Gasteiger partial charge in [-0.15, -0.1) is 10.2 Å². The highest BCUT2D eigenvalue weighted by Gasteiger charge is 2.10. The Kier molecular flexibility index (Phi) is 2.03. The van der Waals surface area contributed by atoms with Gasteiger partial charge in [-0.25, -0.2) is 4.79 Å². The van der Waals surface area contributed by atoms with Gasteiger partial charge >= 0.3 is 5.69 Å². The van der Waals surface area contributed by atoms with Gasteiger partial charge in [-0.1, -0.05) is 11.6 Å². The molecule has 0 aliphatic heterocycles. The maximum Gasteiger partial charge on any atom is 0.327 e. The highest BCUT2D eigenvalue weighted by atomic mass is 35.5. The molecule has 0 aliphatic carbocycles. The molecule has 74 valence electrons. The van der Waals surface area contributed by atoms with Crippen molar-refractivity contribution in [2.75, 3.05) is 0 Å². The van der Waals surface area contributed by atoms with E-state index in [1.807, 2.05) is 13.8 Å². The highest BCUT2D eigenvalue weighted by Crippen LogP contribution is 2.14. The summed E-state index contributed by atoms with van der Waals surface area (Å²) in [5.74, 6) is 0. The van der Waals surface area contributed by atoms with Crippen molar-refractivity contribution in [3.8, 4) is 0 Å². The van der Waals surface area contributed by atoms with Gasteiger partial charge in [0.2, 0.25) is 0 Å². The van der Waals surface area contributed by atoms with Gasteiger partial charge in [0.05, 0.1) is 5.52 Å². The lowest BCUT2D eigenvalue weighted by molar-refractivity contribution is 0.598. The largest absolute Gasteiger partial charge is 0.327 e. The van der Waals surface area contributed by atoms with Gasteiger partial charge in [0, 0.05) is 12.1 Å². The summed E-state index contributed by atoms with van der Waals surface area (Å²) in [6.07, 6.45) is 0. The van der Waals surface area contributed by atoms with Crippen molar-refractivity contribution in [2.45, 2.75) is 19.9 Å².